The molecule has 5 heteroatoms. The lowest BCUT2D eigenvalue weighted by molar-refractivity contribution is 0.0947. The summed E-state index contributed by atoms with van der Waals surface area (Å²) in [7, 11) is 0. The maximum atomic E-state index is 12.2. The van der Waals surface area contributed by atoms with Gasteiger partial charge in [0.25, 0.3) is 5.91 Å². The van der Waals surface area contributed by atoms with Crippen LogP contribution in [0.3, 0.4) is 0 Å². The lowest BCUT2D eigenvalue weighted by Crippen LogP contribution is -2.28. The fourth-order valence-corrected chi connectivity index (χ4v) is 2.32. The second-order valence-corrected chi connectivity index (χ2v) is 6.18. The number of nitrogens with zero attached hydrogens (tertiary/aromatic N) is 3. The summed E-state index contributed by atoms with van der Waals surface area (Å²) in [5.41, 5.74) is 1.60. The van der Waals surface area contributed by atoms with E-state index in [9.17, 15) is 4.79 Å². The normalized spacial score (nSPS) is 10.7. The summed E-state index contributed by atoms with van der Waals surface area (Å²) in [4.78, 5) is 23.1. The highest BCUT2D eigenvalue weighted by Crippen LogP contribution is 2.12. The third-order valence-corrected chi connectivity index (χ3v) is 3.76. The van der Waals surface area contributed by atoms with Gasteiger partial charge in [-0.1, -0.05) is 44.2 Å². The summed E-state index contributed by atoms with van der Waals surface area (Å²) < 4.78 is 0. The number of amides is 1. The zero-order valence-electron chi connectivity index (χ0n) is 14.7. The van der Waals surface area contributed by atoms with Crippen molar-refractivity contribution in [2.75, 3.05) is 18.0 Å². The van der Waals surface area contributed by atoms with Gasteiger partial charge in [0, 0.05) is 25.8 Å². The molecule has 24 heavy (non-hydrogen) atoms. The molecule has 1 heterocycles. The quantitative estimate of drug-likeness (QED) is 0.809. The Morgan fingerprint density at radius 3 is 2.62 bits per heavy atom. The van der Waals surface area contributed by atoms with E-state index in [-0.39, 0.29) is 5.91 Å². The molecule has 1 aromatic heterocycles. The number of rotatable bonds is 8. The molecule has 0 aliphatic rings. The SMILES string of the molecule is CCN(Cc1ccccc1)c1nccc(C(=O)NCCC(C)C)n1. The number of benzene rings is 1. The molecule has 1 aromatic carbocycles. The predicted molar refractivity (Wildman–Crippen MR) is 97.0 cm³/mol. The molecule has 2 aromatic rings. The molecule has 0 saturated carbocycles. The number of aromatic nitrogens is 2. The molecule has 2 rings (SSSR count). The number of hydrogen-bond acceptors (Lipinski definition) is 4. The van der Waals surface area contributed by atoms with E-state index in [0.29, 0.717) is 24.1 Å². The second kappa shape index (κ2) is 9.01. The minimum absolute atomic E-state index is 0.143. The van der Waals surface area contributed by atoms with Crippen LogP contribution in [-0.4, -0.2) is 29.0 Å². The van der Waals surface area contributed by atoms with Gasteiger partial charge in [-0.2, -0.15) is 0 Å². The predicted octanol–water partition coefficient (Wildman–Crippen LogP) is 3.28. The van der Waals surface area contributed by atoms with Gasteiger partial charge < -0.3 is 10.2 Å². The van der Waals surface area contributed by atoms with Gasteiger partial charge in [0.15, 0.2) is 0 Å². The number of anilines is 1. The summed E-state index contributed by atoms with van der Waals surface area (Å²) in [6, 6.07) is 11.8. The van der Waals surface area contributed by atoms with Gasteiger partial charge in [0.2, 0.25) is 5.95 Å². The highest BCUT2D eigenvalue weighted by Gasteiger charge is 2.13. The van der Waals surface area contributed by atoms with Crippen molar-refractivity contribution in [3.05, 3.63) is 53.9 Å². The van der Waals surface area contributed by atoms with Crippen LogP contribution in [0.2, 0.25) is 0 Å². The van der Waals surface area contributed by atoms with E-state index in [1.807, 2.05) is 18.2 Å². The van der Waals surface area contributed by atoms with E-state index in [2.05, 4.69) is 53.1 Å². The first kappa shape index (κ1) is 17.9. The Balaban J connectivity index is 2.05. The van der Waals surface area contributed by atoms with E-state index in [1.165, 1.54) is 5.56 Å². The van der Waals surface area contributed by atoms with Gasteiger partial charge in [0.1, 0.15) is 5.69 Å². The number of hydrogen-bond donors (Lipinski definition) is 1. The Morgan fingerprint density at radius 1 is 1.21 bits per heavy atom. The second-order valence-electron chi connectivity index (χ2n) is 6.18. The van der Waals surface area contributed by atoms with E-state index < -0.39 is 0 Å². The number of carbonyl (C=O) groups is 1. The summed E-state index contributed by atoms with van der Waals surface area (Å²) in [6.45, 7) is 8.48. The van der Waals surface area contributed by atoms with Gasteiger partial charge in [-0.25, -0.2) is 9.97 Å². The Hall–Kier alpha value is -2.43. The molecule has 0 radical (unpaired) electrons. The average molecular weight is 326 g/mol. The van der Waals surface area contributed by atoms with Crippen molar-refractivity contribution in [3.8, 4) is 0 Å². The molecule has 1 amide bonds. The molecule has 1 N–H and O–H groups in total. The van der Waals surface area contributed by atoms with Crippen molar-refractivity contribution in [1.29, 1.82) is 0 Å². The van der Waals surface area contributed by atoms with Crippen LogP contribution in [0.5, 0.6) is 0 Å². The molecule has 0 saturated heterocycles. The minimum Gasteiger partial charge on any atom is -0.351 e. The zero-order chi connectivity index (χ0) is 17.4. The van der Waals surface area contributed by atoms with Crippen LogP contribution in [-0.2, 0) is 6.54 Å². The van der Waals surface area contributed by atoms with E-state index >= 15 is 0 Å². The lowest BCUT2D eigenvalue weighted by atomic mass is 10.1. The monoisotopic (exact) mass is 326 g/mol. The third kappa shape index (κ3) is 5.33. The van der Waals surface area contributed by atoms with Crippen molar-refractivity contribution in [3.63, 3.8) is 0 Å². The van der Waals surface area contributed by atoms with Crippen LogP contribution >= 0.6 is 0 Å². The molecule has 0 bridgehead atoms. The molecule has 0 aliphatic carbocycles. The fraction of sp³-hybridized carbons (Fsp3) is 0.421. The van der Waals surface area contributed by atoms with Crippen LogP contribution in [0.4, 0.5) is 5.95 Å². The molecular weight excluding hydrogens is 300 g/mol. The Kier molecular flexibility index (Phi) is 6.73. The van der Waals surface area contributed by atoms with Crippen molar-refractivity contribution >= 4 is 11.9 Å². The first-order valence-electron chi connectivity index (χ1n) is 8.50. The first-order valence-corrected chi connectivity index (χ1v) is 8.50. The minimum atomic E-state index is -0.143. The van der Waals surface area contributed by atoms with Gasteiger partial charge in [-0.05, 0) is 30.9 Å². The zero-order valence-corrected chi connectivity index (χ0v) is 14.7. The molecular formula is C19H26N4O. The van der Waals surface area contributed by atoms with Gasteiger partial charge in [-0.3, -0.25) is 4.79 Å². The Labute approximate surface area is 144 Å². The van der Waals surface area contributed by atoms with Crippen LogP contribution in [0.1, 0.15) is 43.2 Å². The molecule has 0 spiro atoms. The smallest absolute Gasteiger partial charge is 0.270 e. The molecule has 0 unspecified atom stereocenters. The van der Waals surface area contributed by atoms with Crippen molar-refractivity contribution in [2.24, 2.45) is 5.92 Å². The summed E-state index contributed by atoms with van der Waals surface area (Å²) in [5.74, 6) is 1.00. The summed E-state index contributed by atoms with van der Waals surface area (Å²) >= 11 is 0. The van der Waals surface area contributed by atoms with Gasteiger partial charge in [-0.15, -0.1) is 0 Å². The van der Waals surface area contributed by atoms with E-state index in [1.54, 1.807) is 12.3 Å². The molecule has 128 valence electrons. The fourth-order valence-electron chi connectivity index (χ4n) is 2.32. The Morgan fingerprint density at radius 2 is 1.96 bits per heavy atom. The van der Waals surface area contributed by atoms with Crippen LogP contribution in [0, 0.1) is 5.92 Å². The summed E-state index contributed by atoms with van der Waals surface area (Å²) in [6.07, 6.45) is 2.60. The standard InChI is InChI=1S/C19H26N4O/c1-4-23(14-16-8-6-5-7-9-16)19-21-13-11-17(22-19)18(24)20-12-10-15(2)3/h5-9,11,13,15H,4,10,12,14H2,1-3H3,(H,20,24). The average Bonchev–Trinajstić information content (AvgIpc) is 2.60. The van der Waals surface area contributed by atoms with Crippen molar-refractivity contribution < 1.29 is 4.79 Å². The lowest BCUT2D eigenvalue weighted by Gasteiger charge is -2.21. The molecule has 0 aliphatic heterocycles. The van der Waals surface area contributed by atoms with E-state index in [0.717, 1.165) is 19.5 Å². The Bertz CT molecular complexity index is 643. The number of nitrogens with one attached hydrogen (secondary N) is 1. The summed E-state index contributed by atoms with van der Waals surface area (Å²) in [5, 5.41) is 2.92. The third-order valence-electron chi connectivity index (χ3n) is 3.76. The molecule has 5 nitrogen and oxygen atoms in total. The maximum Gasteiger partial charge on any atom is 0.270 e. The maximum absolute atomic E-state index is 12.2. The molecule has 0 fully saturated rings. The topological polar surface area (TPSA) is 58.1 Å². The highest BCUT2D eigenvalue weighted by atomic mass is 16.1. The van der Waals surface area contributed by atoms with E-state index in [4.69, 9.17) is 0 Å². The van der Waals surface area contributed by atoms with Crippen LogP contribution in [0.25, 0.3) is 0 Å². The van der Waals surface area contributed by atoms with Gasteiger partial charge in [0.05, 0.1) is 0 Å². The molecule has 0 atom stereocenters. The van der Waals surface area contributed by atoms with Gasteiger partial charge >= 0.3 is 0 Å². The first-order chi connectivity index (χ1) is 11.6. The highest BCUT2D eigenvalue weighted by molar-refractivity contribution is 5.92. The van der Waals surface area contributed by atoms with Crippen LogP contribution in [0.15, 0.2) is 42.6 Å². The largest absolute Gasteiger partial charge is 0.351 e. The van der Waals surface area contributed by atoms with Crippen molar-refractivity contribution in [1.82, 2.24) is 15.3 Å². The number of carbonyl (C=O) groups excluding carboxylic acids is 1. The van der Waals surface area contributed by atoms with Crippen molar-refractivity contribution in [2.45, 2.75) is 33.7 Å². The van der Waals surface area contributed by atoms with Crippen LogP contribution < -0.4 is 10.2 Å².